The van der Waals surface area contributed by atoms with Crippen LogP contribution in [0.1, 0.15) is 5.56 Å². The minimum atomic E-state index is -4.57. The molecule has 0 saturated heterocycles. The van der Waals surface area contributed by atoms with Gasteiger partial charge in [-0.2, -0.15) is 13.2 Å². The molecule has 0 heterocycles. The summed E-state index contributed by atoms with van der Waals surface area (Å²) < 4.78 is 47.4. The maximum atomic E-state index is 12.7. The number of hydrogen-bond donors (Lipinski definition) is 1. The predicted molar refractivity (Wildman–Crippen MR) is 54.2 cm³/mol. The van der Waals surface area contributed by atoms with Gasteiger partial charge in [-0.05, 0) is 6.07 Å². The van der Waals surface area contributed by atoms with E-state index in [0.717, 1.165) is 19.2 Å². The zero-order valence-electron chi connectivity index (χ0n) is 9.09. The zero-order valence-corrected chi connectivity index (χ0v) is 9.09. The van der Waals surface area contributed by atoms with Crippen LogP contribution in [-0.4, -0.2) is 20.6 Å². The Kier molecular flexibility index (Phi) is 3.82. The van der Waals surface area contributed by atoms with E-state index in [1.54, 1.807) is 0 Å². The molecule has 0 aromatic heterocycles. The van der Waals surface area contributed by atoms with Crippen LogP contribution in [0.5, 0.6) is 11.5 Å². The standard InChI is InChI=1S/C10H10F3NO3/c1-16-8-4-9(17-2)7(14-5-15)3-6(8)10(11,12)13/h3-5H,1-2H3,(H,14,15). The van der Waals surface area contributed by atoms with Crippen molar-refractivity contribution in [3.63, 3.8) is 0 Å². The maximum Gasteiger partial charge on any atom is 0.420 e. The number of ether oxygens (including phenoxy) is 2. The fourth-order valence-corrected chi connectivity index (χ4v) is 1.30. The molecule has 0 aliphatic carbocycles. The summed E-state index contributed by atoms with van der Waals surface area (Å²) in [5, 5.41) is 2.13. The summed E-state index contributed by atoms with van der Waals surface area (Å²) in [7, 11) is 2.40. The Morgan fingerprint density at radius 3 is 2.18 bits per heavy atom. The Morgan fingerprint density at radius 2 is 1.76 bits per heavy atom. The highest BCUT2D eigenvalue weighted by atomic mass is 19.4. The van der Waals surface area contributed by atoms with Crippen LogP contribution in [0.15, 0.2) is 12.1 Å². The topological polar surface area (TPSA) is 47.6 Å². The smallest absolute Gasteiger partial charge is 0.420 e. The predicted octanol–water partition coefficient (Wildman–Crippen LogP) is 2.29. The van der Waals surface area contributed by atoms with E-state index in [-0.39, 0.29) is 23.6 Å². The normalized spacial score (nSPS) is 10.9. The van der Waals surface area contributed by atoms with Crippen LogP contribution in [0.4, 0.5) is 18.9 Å². The van der Waals surface area contributed by atoms with Crippen molar-refractivity contribution in [3.8, 4) is 11.5 Å². The van der Waals surface area contributed by atoms with E-state index in [0.29, 0.717) is 0 Å². The van der Waals surface area contributed by atoms with Gasteiger partial charge in [0.2, 0.25) is 6.41 Å². The van der Waals surface area contributed by atoms with Gasteiger partial charge in [-0.1, -0.05) is 0 Å². The summed E-state index contributed by atoms with van der Waals surface area (Å²) in [5.74, 6) is -0.284. The van der Waals surface area contributed by atoms with Crippen LogP contribution in [0, 0.1) is 0 Å². The molecule has 0 aliphatic heterocycles. The monoisotopic (exact) mass is 249 g/mol. The van der Waals surface area contributed by atoms with Gasteiger partial charge in [-0.25, -0.2) is 0 Å². The average Bonchev–Trinajstić information content (AvgIpc) is 2.27. The number of rotatable bonds is 4. The van der Waals surface area contributed by atoms with Crippen molar-refractivity contribution in [3.05, 3.63) is 17.7 Å². The molecule has 1 aromatic rings. The summed E-state index contributed by atoms with van der Waals surface area (Å²) in [6.45, 7) is 0. The molecule has 1 amide bonds. The van der Waals surface area contributed by atoms with Crippen molar-refractivity contribution >= 4 is 12.1 Å². The molecule has 0 unspecified atom stereocenters. The largest absolute Gasteiger partial charge is 0.496 e. The minimum absolute atomic E-state index is 0.0735. The quantitative estimate of drug-likeness (QED) is 0.833. The number of carbonyl (C=O) groups excluding carboxylic acids is 1. The average molecular weight is 249 g/mol. The molecular weight excluding hydrogens is 239 g/mol. The van der Waals surface area contributed by atoms with Gasteiger partial charge in [-0.3, -0.25) is 4.79 Å². The third kappa shape index (κ3) is 2.80. The van der Waals surface area contributed by atoms with E-state index in [1.807, 2.05) is 0 Å². The maximum absolute atomic E-state index is 12.7. The first-order valence-electron chi connectivity index (χ1n) is 4.47. The number of methoxy groups -OCH3 is 2. The lowest BCUT2D eigenvalue weighted by Crippen LogP contribution is -2.09. The van der Waals surface area contributed by atoms with Gasteiger partial charge in [0, 0.05) is 6.07 Å². The number of amides is 1. The molecule has 0 aliphatic rings. The highest BCUT2D eigenvalue weighted by Gasteiger charge is 2.35. The van der Waals surface area contributed by atoms with Crippen LogP contribution in [0.3, 0.4) is 0 Å². The first-order chi connectivity index (χ1) is 7.93. The summed E-state index contributed by atoms with van der Waals surface area (Å²) in [6, 6.07) is 1.82. The summed E-state index contributed by atoms with van der Waals surface area (Å²) >= 11 is 0. The molecule has 17 heavy (non-hydrogen) atoms. The summed E-state index contributed by atoms with van der Waals surface area (Å²) in [6.07, 6.45) is -4.30. The molecular formula is C10H10F3NO3. The number of anilines is 1. The number of nitrogens with one attached hydrogen (secondary N) is 1. The van der Waals surface area contributed by atoms with Crippen molar-refractivity contribution in [2.75, 3.05) is 19.5 Å². The molecule has 7 heteroatoms. The number of benzene rings is 1. The molecule has 1 aromatic carbocycles. The van der Waals surface area contributed by atoms with Crippen LogP contribution in [0.25, 0.3) is 0 Å². The van der Waals surface area contributed by atoms with Crippen LogP contribution >= 0.6 is 0 Å². The van der Waals surface area contributed by atoms with Crippen molar-refractivity contribution in [1.29, 1.82) is 0 Å². The Morgan fingerprint density at radius 1 is 1.18 bits per heavy atom. The van der Waals surface area contributed by atoms with Crippen molar-refractivity contribution in [2.24, 2.45) is 0 Å². The van der Waals surface area contributed by atoms with Gasteiger partial charge in [0.1, 0.15) is 11.5 Å². The third-order valence-corrected chi connectivity index (χ3v) is 2.04. The molecule has 0 fully saturated rings. The molecule has 1 N–H and O–H groups in total. The van der Waals surface area contributed by atoms with E-state index in [1.165, 1.54) is 7.11 Å². The van der Waals surface area contributed by atoms with Crippen molar-refractivity contribution < 1.29 is 27.4 Å². The summed E-state index contributed by atoms with van der Waals surface area (Å²) in [5.41, 5.74) is -1.05. The molecule has 0 bridgehead atoms. The Labute approximate surface area is 95.3 Å². The van der Waals surface area contributed by atoms with E-state index in [2.05, 4.69) is 10.1 Å². The highest BCUT2D eigenvalue weighted by molar-refractivity contribution is 5.77. The molecule has 4 nitrogen and oxygen atoms in total. The fourth-order valence-electron chi connectivity index (χ4n) is 1.30. The van der Waals surface area contributed by atoms with Crippen LogP contribution in [0.2, 0.25) is 0 Å². The summed E-state index contributed by atoms with van der Waals surface area (Å²) in [4.78, 5) is 10.3. The highest BCUT2D eigenvalue weighted by Crippen LogP contribution is 2.41. The van der Waals surface area contributed by atoms with Gasteiger partial charge in [0.05, 0.1) is 25.5 Å². The number of carbonyl (C=O) groups is 1. The second kappa shape index (κ2) is 4.94. The second-order valence-electron chi connectivity index (χ2n) is 3.01. The lowest BCUT2D eigenvalue weighted by Gasteiger charge is -2.15. The number of hydrogen-bond acceptors (Lipinski definition) is 3. The van der Waals surface area contributed by atoms with E-state index >= 15 is 0 Å². The van der Waals surface area contributed by atoms with Gasteiger partial charge in [-0.15, -0.1) is 0 Å². The lowest BCUT2D eigenvalue weighted by atomic mass is 10.1. The van der Waals surface area contributed by atoms with Gasteiger partial charge in [0.15, 0.2) is 0 Å². The zero-order chi connectivity index (χ0) is 13.1. The van der Waals surface area contributed by atoms with Crippen LogP contribution in [-0.2, 0) is 11.0 Å². The molecule has 0 radical (unpaired) electrons. The molecule has 94 valence electrons. The third-order valence-electron chi connectivity index (χ3n) is 2.04. The molecule has 1 rings (SSSR count). The van der Waals surface area contributed by atoms with Gasteiger partial charge in [0.25, 0.3) is 0 Å². The van der Waals surface area contributed by atoms with E-state index in [9.17, 15) is 18.0 Å². The Bertz CT molecular complexity index is 418. The minimum Gasteiger partial charge on any atom is -0.496 e. The Balaban J connectivity index is 3.38. The molecule has 0 atom stereocenters. The van der Waals surface area contributed by atoms with Crippen LogP contribution < -0.4 is 14.8 Å². The van der Waals surface area contributed by atoms with E-state index in [4.69, 9.17) is 4.74 Å². The number of alkyl halides is 3. The lowest BCUT2D eigenvalue weighted by molar-refractivity contribution is -0.138. The van der Waals surface area contributed by atoms with Gasteiger partial charge >= 0.3 is 6.18 Å². The first-order valence-corrected chi connectivity index (χ1v) is 4.47. The molecule has 0 spiro atoms. The van der Waals surface area contributed by atoms with Crippen molar-refractivity contribution in [2.45, 2.75) is 6.18 Å². The molecule has 0 saturated carbocycles. The van der Waals surface area contributed by atoms with Crippen molar-refractivity contribution in [1.82, 2.24) is 0 Å². The number of halogens is 3. The SMILES string of the molecule is COc1cc(OC)c(C(F)(F)F)cc1NC=O. The first kappa shape index (κ1) is 13.1. The van der Waals surface area contributed by atoms with Gasteiger partial charge < -0.3 is 14.8 Å². The fraction of sp³-hybridized carbons (Fsp3) is 0.300. The Hall–Kier alpha value is -1.92. The second-order valence-corrected chi connectivity index (χ2v) is 3.01. The van der Waals surface area contributed by atoms with E-state index < -0.39 is 11.7 Å².